The summed E-state index contributed by atoms with van der Waals surface area (Å²) < 4.78 is 0. The van der Waals surface area contributed by atoms with Crippen LogP contribution in [0.25, 0.3) is 0 Å². The highest BCUT2D eigenvalue weighted by Crippen LogP contribution is 2.09. The third-order valence-electron chi connectivity index (χ3n) is 1.78. The summed E-state index contributed by atoms with van der Waals surface area (Å²) in [5.74, 6) is 0.760. The second kappa shape index (κ2) is 7.53. The van der Waals surface area contributed by atoms with Crippen LogP contribution in [-0.4, -0.2) is 40.5 Å². The Morgan fingerprint density at radius 3 is 2.53 bits per heavy atom. The maximum absolute atomic E-state index is 10.4. The fraction of sp³-hybridized carbons (Fsp3) is 0.778. The Morgan fingerprint density at radius 2 is 2.13 bits per heavy atom. The maximum Gasteiger partial charge on any atom is 0.321 e. The van der Waals surface area contributed by atoms with Crippen LogP contribution in [0.2, 0.25) is 0 Å². The van der Waals surface area contributed by atoms with E-state index in [2.05, 4.69) is 4.99 Å². The molecule has 2 unspecified atom stereocenters. The lowest BCUT2D eigenvalue weighted by atomic mass is 10.3. The molecule has 5 N–H and O–H groups in total. The van der Waals surface area contributed by atoms with Gasteiger partial charge in [0.15, 0.2) is 0 Å². The molecule has 0 saturated heterocycles. The molecule has 0 aromatic heterocycles. The first-order valence-corrected chi connectivity index (χ1v) is 5.98. The quantitative estimate of drug-likeness (QED) is 0.433. The summed E-state index contributed by atoms with van der Waals surface area (Å²) >= 11 is 1.50. The maximum atomic E-state index is 10.4. The van der Waals surface area contributed by atoms with E-state index in [1.54, 1.807) is 6.92 Å². The van der Waals surface area contributed by atoms with Gasteiger partial charge in [0.05, 0.1) is 11.9 Å². The molecule has 6 heteroatoms. The number of aliphatic carboxylic acids is 1. The van der Waals surface area contributed by atoms with Gasteiger partial charge in [-0.25, -0.2) is 0 Å². The molecule has 0 fully saturated rings. The van der Waals surface area contributed by atoms with Gasteiger partial charge in [-0.15, -0.1) is 0 Å². The van der Waals surface area contributed by atoms with Gasteiger partial charge in [0, 0.05) is 11.5 Å². The zero-order chi connectivity index (χ0) is 11.8. The van der Waals surface area contributed by atoms with E-state index < -0.39 is 12.0 Å². The largest absolute Gasteiger partial charge is 0.480 e. The van der Waals surface area contributed by atoms with Crippen LogP contribution in [0, 0.1) is 0 Å². The third-order valence-corrected chi connectivity index (χ3v) is 3.00. The second-order valence-electron chi connectivity index (χ2n) is 3.31. The molecular weight excluding hydrogens is 214 g/mol. The topological polar surface area (TPSA) is 102 Å². The Bertz CT molecular complexity index is 229. The van der Waals surface area contributed by atoms with Crippen LogP contribution < -0.4 is 11.5 Å². The molecule has 5 nitrogen and oxygen atoms in total. The highest BCUT2D eigenvalue weighted by molar-refractivity contribution is 7.99. The number of aliphatic imine (C=N–C) groups is 1. The van der Waals surface area contributed by atoms with E-state index in [0.717, 1.165) is 12.2 Å². The predicted octanol–water partition coefficient (Wildman–Crippen LogP) is 0.287. The minimum absolute atomic E-state index is 0.154. The van der Waals surface area contributed by atoms with Gasteiger partial charge in [-0.3, -0.25) is 9.79 Å². The number of nitrogens with two attached hydrogens (primary N) is 2. The van der Waals surface area contributed by atoms with E-state index in [1.165, 1.54) is 11.8 Å². The van der Waals surface area contributed by atoms with E-state index in [-0.39, 0.29) is 6.04 Å². The molecule has 0 spiro atoms. The Kier molecular flexibility index (Phi) is 7.15. The van der Waals surface area contributed by atoms with Crippen molar-refractivity contribution in [3.63, 3.8) is 0 Å². The molecule has 0 bridgehead atoms. The Morgan fingerprint density at radius 1 is 1.53 bits per heavy atom. The summed E-state index contributed by atoms with van der Waals surface area (Å²) in [5, 5.41) is 8.56. The number of hydrogen-bond donors (Lipinski definition) is 3. The zero-order valence-corrected chi connectivity index (χ0v) is 9.96. The minimum Gasteiger partial charge on any atom is -0.480 e. The van der Waals surface area contributed by atoms with Crippen LogP contribution in [0.4, 0.5) is 0 Å². The van der Waals surface area contributed by atoms with Crippen LogP contribution in [0.1, 0.15) is 20.3 Å². The first-order valence-electron chi connectivity index (χ1n) is 4.83. The summed E-state index contributed by atoms with van der Waals surface area (Å²) in [6.45, 7) is 3.77. The molecule has 0 saturated carbocycles. The van der Waals surface area contributed by atoms with E-state index >= 15 is 0 Å². The Balaban J connectivity index is 3.82. The molecule has 0 amide bonds. The number of nitrogens with zero attached hydrogens (tertiary/aromatic N) is 1. The molecule has 2 atom stereocenters. The molecular formula is C9H19N3O2S. The molecule has 0 aliphatic heterocycles. The molecule has 0 radical (unpaired) electrons. The van der Waals surface area contributed by atoms with Crippen molar-refractivity contribution in [1.29, 1.82) is 0 Å². The molecule has 15 heavy (non-hydrogen) atoms. The van der Waals surface area contributed by atoms with Gasteiger partial charge in [0.2, 0.25) is 0 Å². The van der Waals surface area contributed by atoms with Crippen molar-refractivity contribution < 1.29 is 9.90 Å². The number of carboxylic acid groups (broad SMARTS) is 1. The number of thioether (sulfide) groups is 1. The first kappa shape index (κ1) is 14.2. The summed E-state index contributed by atoms with van der Waals surface area (Å²) in [6.07, 6.45) is 0.893. The number of rotatable bonds is 7. The van der Waals surface area contributed by atoms with Crippen molar-refractivity contribution in [2.24, 2.45) is 16.5 Å². The van der Waals surface area contributed by atoms with Crippen molar-refractivity contribution in [3.8, 4) is 0 Å². The summed E-state index contributed by atoms with van der Waals surface area (Å²) in [5.41, 5.74) is 10.8. The van der Waals surface area contributed by atoms with Crippen LogP contribution in [0.5, 0.6) is 0 Å². The predicted molar refractivity (Wildman–Crippen MR) is 64.3 cm³/mol. The van der Waals surface area contributed by atoms with Crippen molar-refractivity contribution >= 4 is 23.6 Å². The minimum atomic E-state index is -0.964. The standard InChI is InChI=1S/C9H19N3O2S/c1-3-7(12-6(2)10)4-15-5-8(11)9(13)14/h7-8H,3-5,11H2,1-2H3,(H2,10,12)(H,13,14). The molecule has 0 rings (SSSR count). The van der Waals surface area contributed by atoms with E-state index in [4.69, 9.17) is 16.6 Å². The van der Waals surface area contributed by atoms with E-state index in [0.29, 0.717) is 11.6 Å². The first-order chi connectivity index (χ1) is 6.97. The number of carbonyl (C=O) groups is 1. The van der Waals surface area contributed by atoms with Crippen molar-refractivity contribution in [2.75, 3.05) is 11.5 Å². The molecule has 0 aromatic rings. The van der Waals surface area contributed by atoms with E-state index in [1.807, 2.05) is 6.92 Å². The number of hydrogen-bond acceptors (Lipinski definition) is 4. The van der Waals surface area contributed by atoms with Gasteiger partial charge < -0.3 is 16.6 Å². The highest BCUT2D eigenvalue weighted by Gasteiger charge is 2.12. The fourth-order valence-electron chi connectivity index (χ4n) is 0.937. The van der Waals surface area contributed by atoms with Gasteiger partial charge >= 0.3 is 5.97 Å². The lowest BCUT2D eigenvalue weighted by Crippen LogP contribution is -2.33. The Labute approximate surface area is 94.3 Å². The molecule has 88 valence electrons. The highest BCUT2D eigenvalue weighted by atomic mass is 32.2. The van der Waals surface area contributed by atoms with Crippen LogP contribution in [0.15, 0.2) is 4.99 Å². The van der Waals surface area contributed by atoms with Gasteiger partial charge in [-0.1, -0.05) is 6.92 Å². The van der Waals surface area contributed by atoms with E-state index in [9.17, 15) is 4.79 Å². The van der Waals surface area contributed by atoms with Crippen molar-refractivity contribution in [3.05, 3.63) is 0 Å². The lowest BCUT2D eigenvalue weighted by Gasteiger charge is -2.11. The molecule has 0 aliphatic rings. The SMILES string of the molecule is CCC(CSCC(N)C(=O)O)N=C(C)N. The van der Waals surface area contributed by atoms with Crippen LogP contribution in [-0.2, 0) is 4.79 Å². The number of carboxylic acids is 1. The average Bonchev–Trinajstić information content (AvgIpc) is 2.15. The number of amidine groups is 1. The second-order valence-corrected chi connectivity index (χ2v) is 4.39. The van der Waals surface area contributed by atoms with Crippen LogP contribution in [0.3, 0.4) is 0 Å². The summed E-state index contributed by atoms with van der Waals surface area (Å²) in [6, 6.07) is -0.642. The van der Waals surface area contributed by atoms with Gasteiger partial charge in [-0.2, -0.15) is 11.8 Å². The lowest BCUT2D eigenvalue weighted by molar-refractivity contribution is -0.137. The van der Waals surface area contributed by atoms with Gasteiger partial charge in [-0.05, 0) is 13.3 Å². The average molecular weight is 233 g/mol. The zero-order valence-electron chi connectivity index (χ0n) is 9.14. The third kappa shape index (κ3) is 7.21. The summed E-state index contributed by atoms with van der Waals surface area (Å²) in [7, 11) is 0. The smallest absolute Gasteiger partial charge is 0.321 e. The molecule has 0 heterocycles. The fourth-order valence-corrected chi connectivity index (χ4v) is 2.05. The van der Waals surface area contributed by atoms with Crippen molar-refractivity contribution in [2.45, 2.75) is 32.4 Å². The van der Waals surface area contributed by atoms with Gasteiger partial charge in [0.25, 0.3) is 0 Å². The van der Waals surface area contributed by atoms with Gasteiger partial charge in [0.1, 0.15) is 6.04 Å². The monoisotopic (exact) mass is 233 g/mol. The normalized spacial score (nSPS) is 16.1. The summed E-state index contributed by atoms with van der Waals surface area (Å²) in [4.78, 5) is 14.7. The van der Waals surface area contributed by atoms with Crippen LogP contribution >= 0.6 is 11.8 Å². The molecule has 0 aliphatic carbocycles. The molecule has 0 aromatic carbocycles. The van der Waals surface area contributed by atoms with Crippen molar-refractivity contribution in [1.82, 2.24) is 0 Å². The Hall–Kier alpha value is -0.750.